The van der Waals surface area contributed by atoms with Gasteiger partial charge in [-0.25, -0.2) is 4.98 Å². The van der Waals surface area contributed by atoms with E-state index in [1.54, 1.807) is 23.4 Å². The summed E-state index contributed by atoms with van der Waals surface area (Å²) in [5.74, 6) is 1.37. The van der Waals surface area contributed by atoms with Gasteiger partial charge < -0.3 is 14.6 Å². The highest BCUT2D eigenvalue weighted by atomic mass is 16.5. The van der Waals surface area contributed by atoms with Gasteiger partial charge in [0.15, 0.2) is 5.78 Å². The van der Waals surface area contributed by atoms with E-state index >= 15 is 0 Å². The Hall–Kier alpha value is -3.41. The Morgan fingerprint density at radius 2 is 2.07 bits per heavy atom. The van der Waals surface area contributed by atoms with Crippen LogP contribution in [0.5, 0.6) is 5.75 Å². The highest BCUT2D eigenvalue weighted by Gasteiger charge is 2.47. The quantitative estimate of drug-likeness (QED) is 0.748. The summed E-state index contributed by atoms with van der Waals surface area (Å²) in [5.41, 5.74) is 1.47. The molecular formula is C22H19N3O3. The fourth-order valence-electron chi connectivity index (χ4n) is 4.09. The molecule has 1 amide bonds. The topological polar surface area (TPSA) is 75.3 Å². The second kappa shape index (κ2) is 6.34. The van der Waals surface area contributed by atoms with Crippen LogP contribution < -0.4 is 4.74 Å². The first-order valence-electron chi connectivity index (χ1n) is 9.34. The summed E-state index contributed by atoms with van der Waals surface area (Å²) in [6.07, 6.45) is 4.39. The van der Waals surface area contributed by atoms with E-state index in [-0.39, 0.29) is 11.7 Å². The third-order valence-corrected chi connectivity index (χ3v) is 5.48. The number of imidazole rings is 1. The Balaban J connectivity index is 1.38. The van der Waals surface area contributed by atoms with Gasteiger partial charge >= 0.3 is 0 Å². The smallest absolute Gasteiger partial charge is 0.254 e. The third kappa shape index (κ3) is 2.78. The number of nitrogens with zero attached hydrogens (tertiary/aromatic N) is 2. The Morgan fingerprint density at radius 3 is 2.93 bits per heavy atom. The fraction of sp³-hybridized carbons (Fsp3) is 0.227. The lowest BCUT2D eigenvalue weighted by molar-refractivity contribution is 0.0428. The van der Waals surface area contributed by atoms with Crippen LogP contribution in [0.3, 0.4) is 0 Å². The van der Waals surface area contributed by atoms with E-state index < -0.39 is 5.60 Å². The number of hydrogen-bond acceptors (Lipinski definition) is 4. The molecule has 3 aromatic rings. The van der Waals surface area contributed by atoms with Crippen molar-refractivity contribution >= 4 is 11.7 Å². The molecule has 0 radical (unpaired) electrons. The number of aromatic amines is 1. The van der Waals surface area contributed by atoms with E-state index in [1.165, 1.54) is 0 Å². The van der Waals surface area contributed by atoms with Crippen LogP contribution in [0.2, 0.25) is 0 Å². The fourth-order valence-corrected chi connectivity index (χ4v) is 4.09. The minimum absolute atomic E-state index is 0.0554. The minimum Gasteiger partial charge on any atom is -0.484 e. The number of ketones is 1. The lowest BCUT2D eigenvalue weighted by atomic mass is 9.89. The molecule has 6 heteroatoms. The van der Waals surface area contributed by atoms with Crippen molar-refractivity contribution in [2.24, 2.45) is 0 Å². The summed E-state index contributed by atoms with van der Waals surface area (Å²) in [6.45, 7) is 0.982. The number of carbonyl (C=O) groups is 2. The van der Waals surface area contributed by atoms with Crippen LogP contribution in [0.1, 0.15) is 33.6 Å². The van der Waals surface area contributed by atoms with Gasteiger partial charge in [-0.3, -0.25) is 9.59 Å². The maximum Gasteiger partial charge on any atom is 0.254 e. The predicted octanol–water partition coefficient (Wildman–Crippen LogP) is 3.33. The number of amides is 1. The van der Waals surface area contributed by atoms with Gasteiger partial charge in [0, 0.05) is 36.5 Å². The number of rotatable bonds is 2. The third-order valence-electron chi connectivity index (χ3n) is 5.48. The van der Waals surface area contributed by atoms with E-state index in [2.05, 4.69) is 9.97 Å². The van der Waals surface area contributed by atoms with Crippen LogP contribution >= 0.6 is 0 Å². The average Bonchev–Trinajstić information content (AvgIpc) is 3.38. The van der Waals surface area contributed by atoms with Crippen LogP contribution in [0.4, 0.5) is 0 Å². The Bertz CT molecular complexity index is 1060. The van der Waals surface area contributed by atoms with Gasteiger partial charge in [-0.2, -0.15) is 0 Å². The zero-order chi connectivity index (χ0) is 19.1. The molecule has 2 aliphatic rings. The number of fused-ring (bicyclic) bond motifs is 1. The summed E-state index contributed by atoms with van der Waals surface area (Å²) in [7, 11) is 0. The molecule has 1 aromatic heterocycles. The number of hydrogen-bond donors (Lipinski definition) is 1. The molecule has 28 heavy (non-hydrogen) atoms. The first-order valence-corrected chi connectivity index (χ1v) is 9.34. The van der Waals surface area contributed by atoms with Crippen LogP contribution in [-0.4, -0.2) is 45.2 Å². The molecule has 1 fully saturated rings. The van der Waals surface area contributed by atoms with E-state index in [1.807, 2.05) is 42.5 Å². The summed E-state index contributed by atoms with van der Waals surface area (Å²) in [4.78, 5) is 34.7. The van der Waals surface area contributed by atoms with Crippen LogP contribution in [0.15, 0.2) is 60.9 Å². The van der Waals surface area contributed by atoms with Gasteiger partial charge in [0.05, 0.1) is 18.5 Å². The normalized spacial score (nSPS) is 20.9. The van der Waals surface area contributed by atoms with Crippen molar-refractivity contribution in [3.8, 4) is 17.1 Å². The zero-order valence-corrected chi connectivity index (χ0v) is 15.2. The molecule has 1 N–H and O–H groups in total. The van der Waals surface area contributed by atoms with E-state index in [9.17, 15) is 9.59 Å². The highest BCUT2D eigenvalue weighted by Crippen LogP contribution is 2.39. The molecule has 6 nitrogen and oxygen atoms in total. The minimum atomic E-state index is -0.625. The lowest BCUT2D eigenvalue weighted by Crippen LogP contribution is -2.45. The molecule has 1 spiro atoms. The first kappa shape index (κ1) is 16.7. The van der Waals surface area contributed by atoms with Crippen molar-refractivity contribution in [2.45, 2.75) is 18.4 Å². The Kier molecular flexibility index (Phi) is 3.79. The van der Waals surface area contributed by atoms with Gasteiger partial charge in [-0.15, -0.1) is 0 Å². The number of Topliss-reactive ketones (excluding diaryl/α,β-unsaturated/α-hetero) is 1. The Morgan fingerprint density at radius 1 is 1.18 bits per heavy atom. The number of aromatic nitrogens is 2. The van der Waals surface area contributed by atoms with Crippen LogP contribution in [0, 0.1) is 0 Å². The summed E-state index contributed by atoms with van der Waals surface area (Å²) < 4.78 is 6.22. The molecule has 0 saturated carbocycles. The maximum atomic E-state index is 13.1. The SMILES string of the molecule is O=C1C[C@]2(CCN(C(=O)c3cccc(-c4ncc[nH]4)c3)C2)Oc2ccccc21. The highest BCUT2D eigenvalue weighted by molar-refractivity contribution is 6.01. The monoisotopic (exact) mass is 373 g/mol. The summed E-state index contributed by atoms with van der Waals surface area (Å²) in [6, 6.07) is 14.7. The van der Waals surface area contributed by atoms with Gasteiger partial charge in [0.1, 0.15) is 17.2 Å². The van der Waals surface area contributed by atoms with Crippen molar-refractivity contribution in [3.05, 3.63) is 72.1 Å². The average molecular weight is 373 g/mol. The number of para-hydroxylation sites is 1. The van der Waals surface area contributed by atoms with Gasteiger partial charge in [0.2, 0.25) is 0 Å². The van der Waals surface area contributed by atoms with E-state index in [0.29, 0.717) is 42.8 Å². The number of nitrogens with one attached hydrogen (secondary N) is 1. The lowest BCUT2D eigenvalue weighted by Gasteiger charge is -2.34. The van der Waals surface area contributed by atoms with E-state index in [0.717, 1.165) is 11.4 Å². The molecule has 5 rings (SSSR count). The maximum absolute atomic E-state index is 13.1. The molecule has 0 bridgehead atoms. The van der Waals surface area contributed by atoms with Crippen molar-refractivity contribution in [1.29, 1.82) is 0 Å². The van der Waals surface area contributed by atoms with Crippen LogP contribution in [0.25, 0.3) is 11.4 Å². The second-order valence-electron chi connectivity index (χ2n) is 7.38. The number of likely N-dealkylation sites (tertiary alicyclic amines) is 1. The van der Waals surface area contributed by atoms with Crippen molar-refractivity contribution < 1.29 is 14.3 Å². The predicted molar refractivity (Wildman–Crippen MR) is 103 cm³/mol. The number of carbonyl (C=O) groups excluding carboxylic acids is 2. The number of benzene rings is 2. The van der Waals surface area contributed by atoms with Gasteiger partial charge in [0.25, 0.3) is 5.91 Å². The molecule has 0 aliphatic carbocycles. The number of ether oxygens (including phenoxy) is 1. The zero-order valence-electron chi connectivity index (χ0n) is 15.2. The summed E-state index contributed by atoms with van der Waals surface area (Å²) >= 11 is 0. The van der Waals surface area contributed by atoms with Crippen LogP contribution in [-0.2, 0) is 0 Å². The molecule has 1 atom stereocenters. The molecule has 0 unspecified atom stereocenters. The summed E-state index contributed by atoms with van der Waals surface area (Å²) in [5, 5.41) is 0. The van der Waals surface area contributed by atoms with Crippen molar-refractivity contribution in [1.82, 2.24) is 14.9 Å². The largest absolute Gasteiger partial charge is 0.484 e. The molecule has 140 valence electrons. The molecule has 2 aromatic carbocycles. The van der Waals surface area contributed by atoms with Crippen molar-refractivity contribution in [3.63, 3.8) is 0 Å². The first-order chi connectivity index (χ1) is 13.6. The van der Waals surface area contributed by atoms with Gasteiger partial charge in [-0.1, -0.05) is 24.3 Å². The molecule has 2 aliphatic heterocycles. The number of H-pyrrole nitrogens is 1. The Labute approximate surface area is 162 Å². The standard InChI is InChI=1S/C22H19N3O3/c26-18-13-22(28-19-7-2-1-6-17(18)19)8-11-25(14-22)21(27)16-5-3-4-15(12-16)20-23-9-10-24-20/h1-7,9-10,12H,8,11,13-14H2,(H,23,24)/t22-/m0/s1. The molecule has 3 heterocycles. The van der Waals surface area contributed by atoms with Crippen molar-refractivity contribution in [2.75, 3.05) is 13.1 Å². The van der Waals surface area contributed by atoms with E-state index in [4.69, 9.17) is 4.74 Å². The van der Waals surface area contributed by atoms with Gasteiger partial charge in [-0.05, 0) is 24.3 Å². The molecule has 1 saturated heterocycles. The molecular weight excluding hydrogens is 354 g/mol. The second-order valence-corrected chi connectivity index (χ2v) is 7.38.